The molecule has 1 atom stereocenters. The first-order valence-electron chi connectivity index (χ1n) is 8.00. The van der Waals surface area contributed by atoms with Gasteiger partial charge in [-0.3, -0.25) is 14.8 Å². The Labute approximate surface area is 144 Å². The summed E-state index contributed by atoms with van der Waals surface area (Å²) in [5.41, 5.74) is 3.44. The molecule has 0 radical (unpaired) electrons. The van der Waals surface area contributed by atoms with Gasteiger partial charge >= 0.3 is 0 Å². The molecule has 5 nitrogen and oxygen atoms in total. The quantitative estimate of drug-likeness (QED) is 0.602. The molecule has 0 aliphatic heterocycles. The van der Waals surface area contributed by atoms with Crippen LogP contribution < -0.4 is 5.32 Å². The Balaban J connectivity index is 1.73. The standard InChI is InChI=1S/C20H16N4O/c25-20(15-6-9-21-10-7-15)24-19(14-4-2-1-3-5-14)17-12-16-8-11-22-13-18(16)23-17/h1-13,19,23H,(H,24,25)/t19-/m0/s1. The van der Waals surface area contributed by atoms with Crippen molar-refractivity contribution in [3.05, 3.63) is 96.2 Å². The number of nitrogens with zero attached hydrogens (tertiary/aromatic N) is 2. The van der Waals surface area contributed by atoms with Gasteiger partial charge in [0.05, 0.1) is 17.8 Å². The maximum atomic E-state index is 12.7. The third-order valence-electron chi connectivity index (χ3n) is 4.11. The van der Waals surface area contributed by atoms with Crippen LogP contribution >= 0.6 is 0 Å². The van der Waals surface area contributed by atoms with Gasteiger partial charge in [-0.05, 0) is 29.8 Å². The predicted octanol–water partition coefficient (Wildman–Crippen LogP) is 3.48. The maximum Gasteiger partial charge on any atom is 0.252 e. The summed E-state index contributed by atoms with van der Waals surface area (Å²) in [4.78, 5) is 24.1. The first kappa shape index (κ1) is 15.1. The van der Waals surface area contributed by atoms with Crippen LogP contribution in [-0.4, -0.2) is 20.9 Å². The fourth-order valence-electron chi connectivity index (χ4n) is 2.85. The van der Waals surface area contributed by atoms with Crippen molar-refractivity contribution in [1.82, 2.24) is 20.3 Å². The van der Waals surface area contributed by atoms with Crippen LogP contribution in [0.1, 0.15) is 27.7 Å². The highest BCUT2D eigenvalue weighted by molar-refractivity contribution is 5.94. The van der Waals surface area contributed by atoms with E-state index in [1.807, 2.05) is 42.5 Å². The average molecular weight is 328 g/mol. The smallest absolute Gasteiger partial charge is 0.252 e. The number of carbonyl (C=O) groups is 1. The molecular weight excluding hydrogens is 312 g/mol. The highest BCUT2D eigenvalue weighted by Crippen LogP contribution is 2.25. The largest absolute Gasteiger partial charge is 0.355 e. The second-order valence-corrected chi connectivity index (χ2v) is 5.74. The van der Waals surface area contributed by atoms with E-state index in [-0.39, 0.29) is 11.9 Å². The van der Waals surface area contributed by atoms with Crippen molar-refractivity contribution in [1.29, 1.82) is 0 Å². The van der Waals surface area contributed by atoms with E-state index >= 15 is 0 Å². The SMILES string of the molecule is O=C(N[C@@H](c1ccccc1)c1cc2ccncc2[nH]1)c1ccncc1. The fourth-order valence-corrected chi connectivity index (χ4v) is 2.85. The number of H-pyrrole nitrogens is 1. The van der Waals surface area contributed by atoms with E-state index in [0.717, 1.165) is 22.2 Å². The molecule has 4 aromatic rings. The molecule has 122 valence electrons. The molecule has 0 saturated carbocycles. The molecule has 3 heterocycles. The summed E-state index contributed by atoms with van der Waals surface area (Å²) < 4.78 is 0. The summed E-state index contributed by atoms with van der Waals surface area (Å²) in [5.74, 6) is -0.145. The molecular formula is C20H16N4O. The summed E-state index contributed by atoms with van der Waals surface area (Å²) in [6, 6.07) is 17.0. The van der Waals surface area contributed by atoms with Crippen molar-refractivity contribution in [2.24, 2.45) is 0 Å². The van der Waals surface area contributed by atoms with Crippen molar-refractivity contribution in [2.75, 3.05) is 0 Å². The molecule has 2 N–H and O–H groups in total. The van der Waals surface area contributed by atoms with E-state index in [2.05, 4.69) is 20.3 Å². The minimum Gasteiger partial charge on any atom is -0.355 e. The highest BCUT2D eigenvalue weighted by Gasteiger charge is 2.19. The lowest BCUT2D eigenvalue weighted by Gasteiger charge is -2.18. The fraction of sp³-hybridized carbons (Fsp3) is 0.0500. The lowest BCUT2D eigenvalue weighted by atomic mass is 10.0. The van der Waals surface area contributed by atoms with E-state index < -0.39 is 0 Å². The Morgan fingerprint density at radius 2 is 1.72 bits per heavy atom. The monoisotopic (exact) mass is 328 g/mol. The van der Waals surface area contributed by atoms with Gasteiger partial charge in [-0.15, -0.1) is 0 Å². The lowest BCUT2D eigenvalue weighted by Crippen LogP contribution is -2.29. The summed E-state index contributed by atoms with van der Waals surface area (Å²) >= 11 is 0. The highest BCUT2D eigenvalue weighted by atomic mass is 16.1. The molecule has 1 amide bonds. The minimum absolute atomic E-state index is 0.145. The molecule has 5 heteroatoms. The van der Waals surface area contributed by atoms with Crippen LogP contribution in [0.5, 0.6) is 0 Å². The normalized spacial score (nSPS) is 12.0. The number of amides is 1. The molecule has 25 heavy (non-hydrogen) atoms. The Morgan fingerprint density at radius 3 is 2.48 bits per heavy atom. The number of benzene rings is 1. The second-order valence-electron chi connectivity index (χ2n) is 5.74. The second kappa shape index (κ2) is 6.57. The van der Waals surface area contributed by atoms with Crippen LogP contribution in [0.15, 0.2) is 79.4 Å². The lowest BCUT2D eigenvalue weighted by molar-refractivity contribution is 0.0942. The molecule has 0 fully saturated rings. The van der Waals surface area contributed by atoms with Gasteiger partial charge in [-0.25, -0.2) is 0 Å². The van der Waals surface area contributed by atoms with Crippen LogP contribution in [0.3, 0.4) is 0 Å². The molecule has 0 spiro atoms. The third-order valence-corrected chi connectivity index (χ3v) is 4.11. The summed E-state index contributed by atoms with van der Waals surface area (Å²) in [6.07, 6.45) is 6.76. The zero-order valence-electron chi connectivity index (χ0n) is 13.4. The number of rotatable bonds is 4. The number of aromatic amines is 1. The van der Waals surface area contributed by atoms with Gasteiger partial charge in [-0.2, -0.15) is 0 Å². The molecule has 4 rings (SSSR count). The molecule has 0 aliphatic carbocycles. The van der Waals surface area contributed by atoms with Gasteiger partial charge in [0, 0.05) is 35.2 Å². The van der Waals surface area contributed by atoms with Gasteiger partial charge in [-0.1, -0.05) is 30.3 Å². The number of fused-ring (bicyclic) bond motifs is 1. The van der Waals surface area contributed by atoms with Crippen molar-refractivity contribution < 1.29 is 4.79 Å². The van der Waals surface area contributed by atoms with E-state index in [1.165, 1.54) is 0 Å². The average Bonchev–Trinajstić information content (AvgIpc) is 3.11. The van der Waals surface area contributed by atoms with Crippen LogP contribution in [0, 0.1) is 0 Å². The Kier molecular flexibility index (Phi) is 3.96. The topological polar surface area (TPSA) is 70.7 Å². The van der Waals surface area contributed by atoms with Crippen molar-refractivity contribution in [2.45, 2.75) is 6.04 Å². The van der Waals surface area contributed by atoms with E-state index in [0.29, 0.717) is 5.56 Å². The van der Waals surface area contributed by atoms with Crippen LogP contribution in [0.25, 0.3) is 10.9 Å². The summed E-state index contributed by atoms with van der Waals surface area (Å²) in [6.45, 7) is 0. The first-order chi connectivity index (χ1) is 12.3. The predicted molar refractivity (Wildman–Crippen MR) is 96.1 cm³/mol. The molecule has 0 aliphatic rings. The Bertz CT molecular complexity index is 963. The van der Waals surface area contributed by atoms with Gasteiger partial charge < -0.3 is 10.3 Å². The van der Waals surface area contributed by atoms with Crippen molar-refractivity contribution in [3.8, 4) is 0 Å². The zero-order valence-corrected chi connectivity index (χ0v) is 13.4. The number of hydrogen-bond acceptors (Lipinski definition) is 3. The van der Waals surface area contributed by atoms with Gasteiger partial charge in [0.2, 0.25) is 0 Å². The van der Waals surface area contributed by atoms with E-state index in [9.17, 15) is 4.79 Å². The van der Waals surface area contributed by atoms with Crippen LogP contribution in [0.4, 0.5) is 0 Å². The van der Waals surface area contributed by atoms with Gasteiger partial charge in [0.1, 0.15) is 0 Å². The van der Waals surface area contributed by atoms with Gasteiger partial charge in [0.25, 0.3) is 5.91 Å². The molecule has 1 aromatic carbocycles. The number of nitrogens with one attached hydrogen (secondary N) is 2. The number of carbonyl (C=O) groups excluding carboxylic acids is 1. The molecule has 0 unspecified atom stereocenters. The maximum absolute atomic E-state index is 12.7. The molecule has 0 bridgehead atoms. The first-order valence-corrected chi connectivity index (χ1v) is 8.00. The van der Waals surface area contributed by atoms with E-state index in [1.54, 1.807) is 36.9 Å². The van der Waals surface area contributed by atoms with Crippen molar-refractivity contribution in [3.63, 3.8) is 0 Å². The Morgan fingerprint density at radius 1 is 0.960 bits per heavy atom. The van der Waals surface area contributed by atoms with Crippen molar-refractivity contribution >= 4 is 16.8 Å². The molecule has 3 aromatic heterocycles. The summed E-state index contributed by atoms with van der Waals surface area (Å²) in [5, 5.41) is 4.17. The third kappa shape index (κ3) is 3.12. The van der Waals surface area contributed by atoms with Gasteiger partial charge in [0.15, 0.2) is 0 Å². The number of pyridine rings is 2. The summed E-state index contributed by atoms with van der Waals surface area (Å²) in [7, 11) is 0. The zero-order chi connectivity index (χ0) is 17.1. The minimum atomic E-state index is -0.283. The number of hydrogen-bond donors (Lipinski definition) is 2. The van der Waals surface area contributed by atoms with Crippen LogP contribution in [0.2, 0.25) is 0 Å². The molecule has 0 saturated heterocycles. The van der Waals surface area contributed by atoms with E-state index in [4.69, 9.17) is 0 Å². The Hall–Kier alpha value is -3.47. The van der Waals surface area contributed by atoms with Crippen LogP contribution in [-0.2, 0) is 0 Å². The number of aromatic nitrogens is 3.